The van der Waals surface area contributed by atoms with E-state index in [1.54, 1.807) is 0 Å². The number of hydrogen-bond acceptors (Lipinski definition) is 3. The van der Waals surface area contributed by atoms with E-state index in [9.17, 15) is 48.1 Å². The van der Waals surface area contributed by atoms with E-state index in [1.807, 2.05) is 24.3 Å². The second kappa shape index (κ2) is 13.9. The number of alkyl halides is 8. The topological polar surface area (TPSA) is 57.2 Å². The fourth-order valence-corrected chi connectivity index (χ4v) is 3.18. The monoisotopic (exact) mass is 515 g/mol. The van der Waals surface area contributed by atoms with Crippen LogP contribution in [0.15, 0.2) is 50.6 Å². The Hall–Kier alpha value is -1.73. The lowest BCUT2D eigenvalue weighted by Gasteiger charge is -2.35. The predicted octanol–water partition coefficient (Wildman–Crippen LogP) is 5.77. The van der Waals surface area contributed by atoms with Gasteiger partial charge in [0.2, 0.25) is 0 Å². The van der Waals surface area contributed by atoms with Crippen LogP contribution in [0.3, 0.4) is 0 Å². The van der Waals surface area contributed by atoms with Gasteiger partial charge in [0.05, 0.1) is 26.2 Å². The molecule has 0 aromatic rings. The van der Waals surface area contributed by atoms with Crippen LogP contribution in [-0.4, -0.2) is 67.2 Å². The minimum Gasteiger partial charge on any atom is -0.743 e. The molecule has 33 heavy (non-hydrogen) atoms. The Morgan fingerprint density at radius 1 is 0.788 bits per heavy atom. The van der Waals surface area contributed by atoms with E-state index in [0.29, 0.717) is 0 Å². The van der Waals surface area contributed by atoms with Gasteiger partial charge < -0.3 is 9.04 Å². The lowest BCUT2D eigenvalue weighted by molar-refractivity contribution is -0.906. The summed E-state index contributed by atoms with van der Waals surface area (Å²) in [4.78, 5) is 0. The summed E-state index contributed by atoms with van der Waals surface area (Å²) in [6.45, 7) is 18.8. The average Bonchev–Trinajstić information content (AvgIpc) is 2.64. The number of nitrogens with zero attached hydrogens (tertiary/aromatic N) is 1. The van der Waals surface area contributed by atoms with E-state index in [4.69, 9.17) is 0 Å². The third-order valence-corrected chi connectivity index (χ3v) is 5.23. The van der Waals surface area contributed by atoms with Gasteiger partial charge in [-0.2, -0.15) is 30.7 Å². The van der Waals surface area contributed by atoms with Gasteiger partial charge in [0, 0.05) is 6.42 Å². The van der Waals surface area contributed by atoms with Gasteiger partial charge in [-0.3, -0.25) is 0 Å². The van der Waals surface area contributed by atoms with Crippen molar-refractivity contribution in [2.45, 2.75) is 49.2 Å². The molecule has 1 atom stereocenters. The first-order valence-electron chi connectivity index (χ1n) is 9.58. The van der Waals surface area contributed by atoms with Crippen LogP contribution in [-0.2, 0) is 10.1 Å². The van der Waals surface area contributed by atoms with Crippen LogP contribution in [0.1, 0.15) is 25.7 Å². The number of rotatable bonds is 15. The van der Waals surface area contributed by atoms with Gasteiger partial charge >= 0.3 is 17.4 Å². The fourth-order valence-electron chi connectivity index (χ4n) is 2.72. The van der Waals surface area contributed by atoms with Gasteiger partial charge in [-0.25, -0.2) is 12.8 Å². The van der Waals surface area contributed by atoms with Gasteiger partial charge in [-0.1, -0.05) is 26.3 Å². The van der Waals surface area contributed by atoms with Crippen molar-refractivity contribution < 1.29 is 52.6 Å². The summed E-state index contributed by atoms with van der Waals surface area (Å²) >= 11 is 0. The first kappa shape index (κ1) is 33.4. The fraction of sp³-hybridized carbons (Fsp3) is 0.600. The lowest BCUT2D eigenvalue weighted by atomic mass is 10.1. The molecule has 0 saturated carbocycles. The van der Waals surface area contributed by atoms with Crippen molar-refractivity contribution in [2.24, 2.45) is 0 Å². The molecule has 0 bridgehead atoms. The van der Waals surface area contributed by atoms with E-state index in [2.05, 4.69) is 26.3 Å². The van der Waals surface area contributed by atoms with E-state index < -0.39 is 59.3 Å². The molecule has 194 valence electrons. The molecule has 4 nitrogen and oxygen atoms in total. The molecule has 13 heteroatoms. The lowest BCUT2D eigenvalue weighted by Crippen LogP contribution is -2.52. The van der Waals surface area contributed by atoms with Gasteiger partial charge in [-0.05, 0) is 43.6 Å². The zero-order chi connectivity index (χ0) is 26.6. The quantitative estimate of drug-likeness (QED) is 0.0915. The van der Waals surface area contributed by atoms with Crippen LogP contribution in [0, 0.1) is 0 Å². The minimum atomic E-state index is -6.81. The van der Waals surface area contributed by atoms with Crippen molar-refractivity contribution >= 4 is 10.1 Å². The van der Waals surface area contributed by atoms with Crippen LogP contribution >= 0.6 is 0 Å². The van der Waals surface area contributed by atoms with Crippen molar-refractivity contribution in [3.8, 4) is 0 Å². The molecular weight excluding hydrogens is 486 g/mol. The Labute approximate surface area is 189 Å². The molecule has 0 fully saturated rings. The SMILES string of the molecule is C=CC[N+](CC=C)(CC=C)CC=C.O=S(=O)([O-])C(F)(F)C(F)(F)C(F)CCCCC(F)(F)F. The summed E-state index contributed by atoms with van der Waals surface area (Å²) in [5.74, 6) is -5.81. The molecule has 0 spiro atoms. The summed E-state index contributed by atoms with van der Waals surface area (Å²) in [5.41, 5.74) is 0. The van der Waals surface area contributed by atoms with Crippen LogP contribution in [0.25, 0.3) is 0 Å². The molecular formula is C20H29F8NO3S. The Balaban J connectivity index is 0. The van der Waals surface area contributed by atoms with Crippen molar-refractivity contribution in [2.75, 3.05) is 26.2 Å². The summed E-state index contributed by atoms with van der Waals surface area (Å²) in [5, 5.41) is -6.18. The molecule has 0 rings (SSSR count). The van der Waals surface area contributed by atoms with E-state index in [-0.39, 0.29) is 0 Å². The molecule has 0 saturated heterocycles. The van der Waals surface area contributed by atoms with E-state index in [1.165, 1.54) is 0 Å². The van der Waals surface area contributed by atoms with Crippen molar-refractivity contribution in [1.82, 2.24) is 0 Å². The van der Waals surface area contributed by atoms with Crippen LogP contribution in [0.5, 0.6) is 0 Å². The molecule has 0 amide bonds. The number of halogens is 8. The highest BCUT2D eigenvalue weighted by atomic mass is 32.2. The van der Waals surface area contributed by atoms with E-state index in [0.717, 1.165) is 30.7 Å². The van der Waals surface area contributed by atoms with Crippen LogP contribution < -0.4 is 0 Å². The standard InChI is InChI=1S/C12H20N.C8H10F8O3S/c1-5-9-13(10-6-2,11-7-3)12-8-4;9-5(3-1-2-4-6(10,11)12)7(13,14)8(15,16)20(17,18)19/h5-8H,1-4,9-12H2;5H,1-4H2,(H,17,18,19)/q+1;/p-1. The second-order valence-electron chi connectivity index (χ2n) is 7.15. The normalized spacial score (nSPS) is 14.0. The van der Waals surface area contributed by atoms with Crippen molar-refractivity contribution in [3.63, 3.8) is 0 Å². The number of hydrogen-bond donors (Lipinski definition) is 0. The third kappa shape index (κ3) is 11.3. The summed E-state index contributed by atoms with van der Waals surface area (Å²) in [6.07, 6.45) is -5.10. The van der Waals surface area contributed by atoms with Crippen LogP contribution in [0.2, 0.25) is 0 Å². The molecule has 0 aromatic heterocycles. The largest absolute Gasteiger partial charge is 0.743 e. The maximum Gasteiger partial charge on any atom is 0.399 e. The second-order valence-corrected chi connectivity index (χ2v) is 8.57. The molecule has 0 N–H and O–H groups in total. The molecule has 0 aliphatic heterocycles. The molecule has 0 aliphatic carbocycles. The smallest absolute Gasteiger partial charge is 0.399 e. The minimum absolute atomic E-state index is 0.796. The van der Waals surface area contributed by atoms with Gasteiger partial charge in [-0.15, -0.1) is 0 Å². The zero-order valence-electron chi connectivity index (χ0n) is 18.0. The predicted molar refractivity (Wildman–Crippen MR) is 110 cm³/mol. The first-order chi connectivity index (χ1) is 14.9. The first-order valence-corrected chi connectivity index (χ1v) is 11.0. The summed E-state index contributed by atoms with van der Waals surface area (Å²) in [7, 11) is -6.81. The summed E-state index contributed by atoms with van der Waals surface area (Å²) in [6, 6.07) is 0. The van der Waals surface area contributed by atoms with E-state index >= 15 is 0 Å². The Kier molecular flexibility index (Phi) is 14.0. The highest BCUT2D eigenvalue weighted by molar-refractivity contribution is 7.86. The van der Waals surface area contributed by atoms with Crippen molar-refractivity contribution in [1.29, 1.82) is 0 Å². The van der Waals surface area contributed by atoms with Gasteiger partial charge in [0.1, 0.15) is 0 Å². The average molecular weight is 516 g/mol. The Morgan fingerprint density at radius 2 is 1.15 bits per heavy atom. The number of unbranched alkanes of at least 4 members (excludes halogenated alkanes) is 1. The molecule has 0 aliphatic rings. The maximum atomic E-state index is 12.9. The number of quaternary nitrogens is 1. The third-order valence-electron chi connectivity index (χ3n) is 4.33. The summed E-state index contributed by atoms with van der Waals surface area (Å²) < 4.78 is 130. The molecule has 0 heterocycles. The Morgan fingerprint density at radius 3 is 1.42 bits per heavy atom. The van der Waals surface area contributed by atoms with Crippen molar-refractivity contribution in [3.05, 3.63) is 50.6 Å². The molecule has 1 unspecified atom stereocenters. The van der Waals surface area contributed by atoms with Gasteiger partial charge in [0.25, 0.3) is 0 Å². The highest BCUT2D eigenvalue weighted by Crippen LogP contribution is 2.43. The molecule has 0 radical (unpaired) electrons. The Bertz CT molecular complexity index is 691. The zero-order valence-corrected chi connectivity index (χ0v) is 18.8. The highest BCUT2D eigenvalue weighted by Gasteiger charge is 2.66. The van der Waals surface area contributed by atoms with Gasteiger partial charge in [0.15, 0.2) is 16.3 Å². The van der Waals surface area contributed by atoms with Crippen LogP contribution in [0.4, 0.5) is 35.1 Å². The maximum absolute atomic E-state index is 12.9. The molecule has 0 aromatic carbocycles.